The Kier molecular flexibility index (Phi) is 3.60. The maximum atomic E-state index is 10.8. The largest absolute Gasteiger partial charge is 0.390 e. The molecule has 1 aromatic heterocycles. The second-order valence-electron chi connectivity index (χ2n) is 4.76. The van der Waals surface area contributed by atoms with Crippen molar-refractivity contribution in [2.24, 2.45) is 0 Å². The lowest BCUT2D eigenvalue weighted by Gasteiger charge is -2.15. The van der Waals surface area contributed by atoms with Crippen molar-refractivity contribution in [3.8, 4) is 0 Å². The number of aryl methyl sites for hydroxylation is 1. The van der Waals surface area contributed by atoms with Gasteiger partial charge in [0, 0.05) is 24.2 Å². The predicted octanol–water partition coefficient (Wildman–Crippen LogP) is 2.68. The molecule has 1 N–H and O–H groups in total. The highest BCUT2D eigenvalue weighted by molar-refractivity contribution is 9.10. The van der Waals surface area contributed by atoms with Gasteiger partial charge in [0.2, 0.25) is 0 Å². The fourth-order valence-electron chi connectivity index (χ4n) is 1.70. The van der Waals surface area contributed by atoms with Crippen molar-refractivity contribution in [2.45, 2.75) is 25.5 Å². The Morgan fingerprint density at radius 2 is 2.32 bits per heavy atom. The van der Waals surface area contributed by atoms with Gasteiger partial charge >= 0.3 is 0 Å². The summed E-state index contributed by atoms with van der Waals surface area (Å²) < 4.78 is 2.06. The van der Waals surface area contributed by atoms with Crippen molar-refractivity contribution in [1.82, 2.24) is 9.78 Å². The van der Waals surface area contributed by atoms with Crippen LogP contribution < -0.4 is 0 Å². The Balaban J connectivity index is 2.33. The highest BCUT2D eigenvalue weighted by Crippen LogP contribution is 2.29. The van der Waals surface area contributed by atoms with E-state index in [2.05, 4.69) is 28.0 Å². The van der Waals surface area contributed by atoms with Crippen LogP contribution in [-0.2, 0) is 6.54 Å². The molecule has 19 heavy (non-hydrogen) atoms. The molecule has 0 aliphatic rings. The fourth-order valence-corrected chi connectivity index (χ4v) is 2.17. The van der Waals surface area contributed by atoms with Crippen LogP contribution in [0.3, 0.4) is 0 Å². The summed E-state index contributed by atoms with van der Waals surface area (Å²) in [5, 5.41) is 25.4. The number of rotatable bonds is 4. The van der Waals surface area contributed by atoms with Crippen LogP contribution in [0.5, 0.6) is 0 Å². The van der Waals surface area contributed by atoms with Crippen LogP contribution in [0.1, 0.15) is 13.3 Å². The summed E-state index contributed by atoms with van der Waals surface area (Å²) in [4.78, 5) is 10.4. The molecule has 0 spiro atoms. The summed E-state index contributed by atoms with van der Waals surface area (Å²) in [5.74, 6) is 0. The minimum Gasteiger partial charge on any atom is -0.390 e. The number of nitrogens with zero attached hydrogens (tertiary/aromatic N) is 3. The van der Waals surface area contributed by atoms with E-state index in [-0.39, 0.29) is 5.69 Å². The molecule has 0 fully saturated rings. The quantitative estimate of drug-likeness (QED) is 0.691. The van der Waals surface area contributed by atoms with Gasteiger partial charge in [0.15, 0.2) is 0 Å². The summed E-state index contributed by atoms with van der Waals surface area (Å²) in [5.41, 5.74) is -0.331. The first-order valence-electron chi connectivity index (χ1n) is 5.65. The van der Waals surface area contributed by atoms with E-state index in [9.17, 15) is 15.2 Å². The molecule has 0 bridgehead atoms. The van der Waals surface area contributed by atoms with E-state index in [0.717, 1.165) is 0 Å². The fraction of sp³-hybridized carbons (Fsp3) is 0.333. The Morgan fingerprint density at radius 1 is 1.63 bits per heavy atom. The molecule has 0 aliphatic heterocycles. The van der Waals surface area contributed by atoms with E-state index < -0.39 is 10.5 Å². The molecule has 1 heterocycles. The molecule has 0 aliphatic carbocycles. The first-order chi connectivity index (χ1) is 8.76. The number of hydrogen-bond donors (Lipinski definition) is 1. The van der Waals surface area contributed by atoms with Crippen molar-refractivity contribution in [3.05, 3.63) is 39.8 Å². The van der Waals surface area contributed by atoms with E-state index in [4.69, 9.17) is 0 Å². The van der Waals surface area contributed by atoms with Crippen molar-refractivity contribution in [2.75, 3.05) is 0 Å². The number of fused-ring (bicyclic) bond motifs is 1. The lowest BCUT2D eigenvalue weighted by molar-refractivity contribution is -0.385. The third kappa shape index (κ3) is 3.30. The Bertz CT molecular complexity index is 631. The molecular formula is C12H13BrN3O3. The van der Waals surface area contributed by atoms with Crippen LogP contribution in [0.4, 0.5) is 5.69 Å². The van der Waals surface area contributed by atoms with E-state index in [1.165, 1.54) is 6.07 Å². The molecule has 1 aromatic carbocycles. The first-order valence-corrected chi connectivity index (χ1v) is 6.44. The number of aliphatic hydroxyl groups is 1. The average Bonchev–Trinajstić information content (AvgIpc) is 2.65. The molecule has 0 saturated carbocycles. The molecule has 2 aromatic rings. The zero-order valence-corrected chi connectivity index (χ0v) is 11.9. The molecule has 101 valence electrons. The van der Waals surface area contributed by atoms with Crippen molar-refractivity contribution in [1.29, 1.82) is 0 Å². The maximum absolute atomic E-state index is 10.8. The van der Waals surface area contributed by atoms with Gasteiger partial charge in [0.1, 0.15) is 0 Å². The number of hydrogen-bond acceptors (Lipinski definition) is 4. The van der Waals surface area contributed by atoms with Crippen LogP contribution in [0.15, 0.2) is 22.8 Å². The first kappa shape index (κ1) is 14.0. The Morgan fingerprint density at radius 3 is 2.89 bits per heavy atom. The second kappa shape index (κ2) is 4.90. The van der Waals surface area contributed by atoms with Crippen molar-refractivity contribution >= 4 is 32.5 Å². The summed E-state index contributed by atoms with van der Waals surface area (Å²) in [7, 11) is 0. The normalized spacial score (nSPS) is 12.0. The number of nitro groups is 1. The van der Waals surface area contributed by atoms with Gasteiger partial charge in [-0.25, -0.2) is 0 Å². The zero-order valence-electron chi connectivity index (χ0n) is 10.3. The van der Waals surface area contributed by atoms with Gasteiger partial charge in [-0.15, -0.1) is 0 Å². The van der Waals surface area contributed by atoms with Gasteiger partial charge in [-0.05, 0) is 42.3 Å². The minimum atomic E-state index is -1.01. The molecule has 7 heteroatoms. The lowest BCUT2D eigenvalue weighted by Crippen LogP contribution is -2.21. The maximum Gasteiger partial charge on any atom is 0.284 e. The number of aromatic nitrogens is 2. The predicted molar refractivity (Wildman–Crippen MR) is 74.7 cm³/mol. The highest BCUT2D eigenvalue weighted by Gasteiger charge is 2.16. The van der Waals surface area contributed by atoms with Crippen LogP contribution in [0.2, 0.25) is 0 Å². The lowest BCUT2D eigenvalue weighted by atomic mass is 10.1. The molecule has 1 radical (unpaired) electrons. The van der Waals surface area contributed by atoms with Crippen molar-refractivity contribution in [3.63, 3.8) is 0 Å². The van der Waals surface area contributed by atoms with Crippen LogP contribution >= 0.6 is 15.9 Å². The van der Waals surface area contributed by atoms with Crippen LogP contribution in [0, 0.1) is 17.0 Å². The summed E-state index contributed by atoms with van der Waals surface area (Å²) in [6, 6.07) is 3.09. The van der Waals surface area contributed by atoms with Gasteiger partial charge in [-0.1, -0.05) is 0 Å². The molecule has 2 rings (SSSR count). The summed E-state index contributed by atoms with van der Waals surface area (Å²) in [6.07, 6.45) is 2.17. The SMILES string of the molecule is [CH2]C(C)(O)CCn1cc2cc([N+](=O)[O-])c(Br)cc2n1. The zero-order chi connectivity index (χ0) is 14.2. The van der Waals surface area contributed by atoms with Crippen LogP contribution in [-0.4, -0.2) is 25.4 Å². The molecule has 6 nitrogen and oxygen atoms in total. The Labute approximate surface area is 118 Å². The molecule has 1 unspecified atom stereocenters. The van der Waals surface area contributed by atoms with Gasteiger partial charge in [-0.2, -0.15) is 5.10 Å². The topological polar surface area (TPSA) is 81.2 Å². The minimum absolute atomic E-state index is 0.0104. The monoisotopic (exact) mass is 326 g/mol. The number of halogens is 1. The van der Waals surface area contributed by atoms with E-state index in [0.29, 0.717) is 28.3 Å². The van der Waals surface area contributed by atoms with Gasteiger partial charge in [-0.3, -0.25) is 14.8 Å². The van der Waals surface area contributed by atoms with E-state index >= 15 is 0 Å². The smallest absolute Gasteiger partial charge is 0.284 e. The highest BCUT2D eigenvalue weighted by atomic mass is 79.9. The molecule has 0 amide bonds. The van der Waals surface area contributed by atoms with Crippen molar-refractivity contribution < 1.29 is 10.0 Å². The summed E-state index contributed by atoms with van der Waals surface area (Å²) in [6.45, 7) is 5.73. The van der Waals surface area contributed by atoms with E-state index in [1.807, 2.05) is 0 Å². The number of nitro benzene ring substituents is 1. The van der Waals surface area contributed by atoms with Gasteiger partial charge < -0.3 is 5.11 Å². The van der Waals surface area contributed by atoms with Gasteiger partial charge in [0.05, 0.1) is 20.5 Å². The molecule has 1 atom stereocenters. The van der Waals surface area contributed by atoms with Crippen LogP contribution in [0.25, 0.3) is 10.9 Å². The van der Waals surface area contributed by atoms with E-state index in [1.54, 1.807) is 23.9 Å². The second-order valence-corrected chi connectivity index (χ2v) is 5.61. The summed E-state index contributed by atoms with van der Waals surface area (Å²) >= 11 is 3.16. The third-order valence-electron chi connectivity index (χ3n) is 2.70. The van der Waals surface area contributed by atoms with Gasteiger partial charge in [0.25, 0.3) is 5.69 Å². The third-order valence-corrected chi connectivity index (χ3v) is 3.33. The molecule has 0 saturated heterocycles. The molecular weight excluding hydrogens is 314 g/mol. The number of benzene rings is 1. The average molecular weight is 327 g/mol. The standard InChI is InChI=1S/C12H13BrN3O3/c1-12(2,17)3-4-15-7-8-5-11(16(18)19)9(13)6-10(8)14-15/h5-7,17H,1,3-4H2,2H3. The Hall–Kier alpha value is -1.47.